The zero-order valence-corrected chi connectivity index (χ0v) is 10.4. The Balaban J connectivity index is 2.51. The number of nitro benzene ring substituents is 1. The van der Waals surface area contributed by atoms with E-state index in [0.717, 1.165) is 5.69 Å². The van der Waals surface area contributed by atoms with Crippen LogP contribution in [-0.2, 0) is 6.54 Å². The Morgan fingerprint density at radius 3 is 2.94 bits per heavy atom. The van der Waals surface area contributed by atoms with Crippen molar-refractivity contribution in [3.05, 3.63) is 51.3 Å². The van der Waals surface area contributed by atoms with Gasteiger partial charge in [0.25, 0.3) is 5.69 Å². The molecule has 1 aromatic heterocycles. The smallest absolute Gasteiger partial charge is 0.296 e. The third-order valence-electron chi connectivity index (χ3n) is 2.39. The van der Waals surface area contributed by atoms with Crippen LogP contribution in [0.3, 0.4) is 0 Å². The van der Waals surface area contributed by atoms with E-state index in [1.165, 1.54) is 10.7 Å². The average molecular weight is 267 g/mol. The van der Waals surface area contributed by atoms with Gasteiger partial charge in [-0.1, -0.05) is 17.7 Å². The number of hydrogen-bond donors (Lipinski definition) is 1. The fourth-order valence-corrected chi connectivity index (χ4v) is 1.90. The summed E-state index contributed by atoms with van der Waals surface area (Å²) in [5.41, 5.74) is 1.000. The molecule has 1 aromatic carbocycles. The standard InChI is InChI=1S/C11H11ClN4O2/c1-13-7-8-5-6-15(14-8)11-9(12)3-2-4-10(11)16(17)18/h2-6,13H,7H2,1H3. The summed E-state index contributed by atoms with van der Waals surface area (Å²) in [6.07, 6.45) is 1.65. The molecule has 0 aliphatic rings. The number of benzene rings is 1. The Kier molecular flexibility index (Phi) is 3.59. The number of nitrogens with zero attached hydrogens (tertiary/aromatic N) is 3. The summed E-state index contributed by atoms with van der Waals surface area (Å²) in [7, 11) is 1.80. The van der Waals surface area contributed by atoms with Gasteiger partial charge in [0, 0.05) is 18.8 Å². The van der Waals surface area contributed by atoms with Gasteiger partial charge in [-0.15, -0.1) is 0 Å². The highest BCUT2D eigenvalue weighted by atomic mass is 35.5. The first-order chi connectivity index (χ1) is 8.63. The van der Waals surface area contributed by atoms with E-state index in [0.29, 0.717) is 11.6 Å². The number of halogens is 1. The van der Waals surface area contributed by atoms with Crippen LogP contribution in [0.25, 0.3) is 5.69 Å². The average Bonchev–Trinajstić information content (AvgIpc) is 2.77. The molecule has 0 saturated heterocycles. The first-order valence-electron chi connectivity index (χ1n) is 5.26. The van der Waals surface area contributed by atoms with Crippen molar-refractivity contribution in [1.29, 1.82) is 0 Å². The van der Waals surface area contributed by atoms with Crippen molar-refractivity contribution < 1.29 is 4.92 Å². The number of hydrogen-bond acceptors (Lipinski definition) is 4. The molecule has 94 valence electrons. The zero-order chi connectivity index (χ0) is 13.1. The van der Waals surface area contributed by atoms with E-state index in [-0.39, 0.29) is 11.4 Å². The van der Waals surface area contributed by atoms with Gasteiger partial charge in [0.15, 0.2) is 5.69 Å². The van der Waals surface area contributed by atoms with Crippen molar-refractivity contribution >= 4 is 17.3 Å². The number of nitro groups is 1. The van der Waals surface area contributed by atoms with Crippen LogP contribution in [0.5, 0.6) is 0 Å². The van der Waals surface area contributed by atoms with Crippen LogP contribution in [0, 0.1) is 10.1 Å². The molecule has 0 aliphatic heterocycles. The Labute approximate surface area is 108 Å². The zero-order valence-electron chi connectivity index (χ0n) is 9.63. The van der Waals surface area contributed by atoms with E-state index >= 15 is 0 Å². The van der Waals surface area contributed by atoms with Crippen LogP contribution in [-0.4, -0.2) is 21.8 Å². The molecule has 0 amide bonds. The summed E-state index contributed by atoms with van der Waals surface area (Å²) in [6, 6.07) is 6.33. The highest BCUT2D eigenvalue weighted by molar-refractivity contribution is 6.32. The van der Waals surface area contributed by atoms with E-state index in [1.54, 1.807) is 31.4 Å². The third-order valence-corrected chi connectivity index (χ3v) is 2.70. The summed E-state index contributed by atoms with van der Waals surface area (Å²) in [5.74, 6) is 0. The molecular formula is C11H11ClN4O2. The van der Waals surface area contributed by atoms with Crippen molar-refractivity contribution in [2.45, 2.75) is 6.54 Å². The lowest BCUT2D eigenvalue weighted by molar-refractivity contribution is -0.384. The summed E-state index contributed by atoms with van der Waals surface area (Å²) < 4.78 is 1.42. The first-order valence-corrected chi connectivity index (χ1v) is 5.63. The van der Waals surface area contributed by atoms with Gasteiger partial charge in [0.2, 0.25) is 0 Å². The van der Waals surface area contributed by atoms with Crippen LogP contribution >= 0.6 is 11.6 Å². The monoisotopic (exact) mass is 266 g/mol. The Bertz CT molecular complexity index is 582. The Hall–Kier alpha value is -1.92. The highest BCUT2D eigenvalue weighted by Gasteiger charge is 2.19. The van der Waals surface area contributed by atoms with E-state index < -0.39 is 4.92 Å². The predicted molar refractivity (Wildman–Crippen MR) is 68.0 cm³/mol. The van der Waals surface area contributed by atoms with Crippen LogP contribution in [0.4, 0.5) is 5.69 Å². The van der Waals surface area contributed by atoms with Gasteiger partial charge in [0.05, 0.1) is 15.6 Å². The lowest BCUT2D eigenvalue weighted by atomic mass is 10.2. The highest BCUT2D eigenvalue weighted by Crippen LogP contribution is 2.29. The largest absolute Gasteiger partial charge is 0.314 e. The van der Waals surface area contributed by atoms with Crippen molar-refractivity contribution in [2.24, 2.45) is 0 Å². The van der Waals surface area contributed by atoms with E-state index in [1.807, 2.05) is 0 Å². The maximum Gasteiger partial charge on any atom is 0.296 e. The predicted octanol–water partition coefficient (Wildman–Crippen LogP) is 2.15. The van der Waals surface area contributed by atoms with Crippen LogP contribution in [0.15, 0.2) is 30.5 Å². The maximum atomic E-state index is 11.0. The second-order valence-corrected chi connectivity index (χ2v) is 4.05. The SMILES string of the molecule is CNCc1ccn(-c2c(Cl)cccc2[N+](=O)[O-])n1. The number of nitrogens with one attached hydrogen (secondary N) is 1. The van der Waals surface area contributed by atoms with Gasteiger partial charge in [-0.3, -0.25) is 10.1 Å². The molecule has 1 heterocycles. The normalized spacial score (nSPS) is 10.6. The van der Waals surface area contributed by atoms with Gasteiger partial charge in [-0.05, 0) is 19.2 Å². The molecule has 6 nitrogen and oxygen atoms in total. The lowest BCUT2D eigenvalue weighted by Crippen LogP contribution is -2.07. The van der Waals surface area contributed by atoms with Crippen LogP contribution < -0.4 is 5.32 Å². The fourth-order valence-electron chi connectivity index (χ4n) is 1.64. The summed E-state index contributed by atoms with van der Waals surface area (Å²) in [5, 5.41) is 18.5. The molecule has 0 unspecified atom stereocenters. The Morgan fingerprint density at radius 1 is 1.50 bits per heavy atom. The van der Waals surface area contributed by atoms with Gasteiger partial charge in [-0.2, -0.15) is 5.10 Å². The topological polar surface area (TPSA) is 73.0 Å². The molecule has 0 saturated carbocycles. The van der Waals surface area contributed by atoms with Crippen molar-refractivity contribution in [1.82, 2.24) is 15.1 Å². The van der Waals surface area contributed by atoms with E-state index in [9.17, 15) is 10.1 Å². The second kappa shape index (κ2) is 5.16. The molecule has 0 radical (unpaired) electrons. The second-order valence-electron chi connectivity index (χ2n) is 3.65. The molecule has 0 fully saturated rings. The third kappa shape index (κ3) is 2.34. The maximum absolute atomic E-state index is 11.0. The molecule has 0 bridgehead atoms. The molecule has 18 heavy (non-hydrogen) atoms. The number of rotatable bonds is 4. The Morgan fingerprint density at radius 2 is 2.28 bits per heavy atom. The molecule has 0 aliphatic carbocycles. The minimum absolute atomic E-state index is 0.0680. The number of para-hydroxylation sites is 1. The molecule has 1 N–H and O–H groups in total. The summed E-state index contributed by atoms with van der Waals surface area (Å²) in [4.78, 5) is 10.5. The van der Waals surface area contributed by atoms with Gasteiger partial charge in [0.1, 0.15) is 0 Å². The summed E-state index contributed by atoms with van der Waals surface area (Å²) in [6.45, 7) is 0.589. The minimum Gasteiger partial charge on any atom is -0.314 e. The van der Waals surface area contributed by atoms with Gasteiger partial charge >= 0.3 is 0 Å². The first kappa shape index (κ1) is 12.5. The van der Waals surface area contributed by atoms with Crippen LogP contribution in [0.1, 0.15) is 5.69 Å². The van der Waals surface area contributed by atoms with E-state index in [4.69, 9.17) is 11.6 Å². The van der Waals surface area contributed by atoms with Gasteiger partial charge < -0.3 is 5.32 Å². The van der Waals surface area contributed by atoms with Crippen LogP contribution in [0.2, 0.25) is 5.02 Å². The fraction of sp³-hybridized carbons (Fsp3) is 0.182. The molecule has 0 spiro atoms. The lowest BCUT2D eigenvalue weighted by Gasteiger charge is -2.05. The number of aromatic nitrogens is 2. The molecule has 0 atom stereocenters. The summed E-state index contributed by atoms with van der Waals surface area (Å²) >= 11 is 6.01. The molecular weight excluding hydrogens is 256 g/mol. The molecule has 2 rings (SSSR count). The van der Waals surface area contributed by atoms with E-state index in [2.05, 4.69) is 10.4 Å². The van der Waals surface area contributed by atoms with Crippen molar-refractivity contribution in [3.8, 4) is 5.69 Å². The molecule has 7 heteroatoms. The van der Waals surface area contributed by atoms with Gasteiger partial charge in [-0.25, -0.2) is 4.68 Å². The molecule has 2 aromatic rings. The van der Waals surface area contributed by atoms with Crippen molar-refractivity contribution in [3.63, 3.8) is 0 Å². The minimum atomic E-state index is -0.472. The quantitative estimate of drug-likeness (QED) is 0.680. The van der Waals surface area contributed by atoms with Crippen molar-refractivity contribution in [2.75, 3.05) is 7.05 Å².